The Bertz CT molecular complexity index is 859. The highest BCUT2D eigenvalue weighted by atomic mass is 16.4. The molecule has 0 spiro atoms. The molecule has 4 atom stereocenters. The van der Waals surface area contributed by atoms with Gasteiger partial charge in [-0.1, -0.05) is 13.8 Å². The molecule has 0 fully saturated rings. The quantitative estimate of drug-likeness (QED) is 0.0495. The lowest BCUT2D eigenvalue weighted by atomic mass is 10.0. The molecule has 0 aliphatic heterocycles. The van der Waals surface area contributed by atoms with E-state index in [1.54, 1.807) is 13.8 Å². The maximum atomic E-state index is 12.9. The predicted octanol–water partition coefficient (Wildman–Crippen LogP) is -2.71. The number of hydrogen-bond acceptors (Lipinski definition) is 8. The van der Waals surface area contributed by atoms with Crippen molar-refractivity contribution in [3.8, 4) is 0 Å². The molecule has 0 aliphatic rings. The van der Waals surface area contributed by atoms with E-state index in [1.165, 1.54) is 0 Å². The number of amides is 3. The van der Waals surface area contributed by atoms with Crippen molar-refractivity contribution >= 4 is 41.6 Å². The van der Waals surface area contributed by atoms with E-state index in [-0.39, 0.29) is 31.8 Å². The van der Waals surface area contributed by atoms with Crippen LogP contribution < -0.4 is 33.2 Å². The van der Waals surface area contributed by atoms with Gasteiger partial charge < -0.3 is 48.5 Å². The first kappa shape index (κ1) is 33.0. The Labute approximate surface area is 213 Å². The van der Waals surface area contributed by atoms with Crippen molar-refractivity contribution in [3.63, 3.8) is 0 Å². The fourth-order valence-corrected chi connectivity index (χ4v) is 3.04. The minimum Gasteiger partial charge on any atom is -0.481 e. The van der Waals surface area contributed by atoms with E-state index >= 15 is 0 Å². The van der Waals surface area contributed by atoms with E-state index in [0.717, 1.165) is 0 Å². The van der Waals surface area contributed by atoms with Crippen LogP contribution in [0.5, 0.6) is 0 Å². The maximum Gasteiger partial charge on any atom is 0.326 e. The largest absolute Gasteiger partial charge is 0.481 e. The zero-order valence-corrected chi connectivity index (χ0v) is 20.8. The number of carboxylic acid groups (broad SMARTS) is 3. The molecule has 0 aromatic rings. The highest BCUT2D eigenvalue weighted by Crippen LogP contribution is 2.07. The van der Waals surface area contributed by atoms with Crippen LogP contribution in [0.4, 0.5) is 0 Å². The number of hydrogen-bond donors (Lipinski definition) is 9. The van der Waals surface area contributed by atoms with Gasteiger partial charge in [0.15, 0.2) is 5.96 Å². The molecule has 0 aromatic carbocycles. The normalized spacial score (nSPS) is 13.9. The summed E-state index contributed by atoms with van der Waals surface area (Å²) in [6.45, 7) is 3.30. The molecule has 37 heavy (non-hydrogen) atoms. The standard InChI is InChI=1S/C21H37N7O9/c1-10(2)16(20(36)37)28-19(35)13(6-8-15(31)32)27-18(34)12(5-7-14(29)30)26-17(33)11(22)4-3-9-25-21(23)24/h10-13,16H,3-9,22H2,1-2H3,(H,26,33)(H,27,34)(H,28,35)(H,29,30)(H,31,32)(H,36,37)(H4,23,24,25). The molecule has 0 aromatic heterocycles. The van der Waals surface area contributed by atoms with Crippen molar-refractivity contribution in [1.29, 1.82) is 0 Å². The van der Waals surface area contributed by atoms with Gasteiger partial charge in [0.1, 0.15) is 18.1 Å². The van der Waals surface area contributed by atoms with E-state index in [2.05, 4.69) is 20.9 Å². The second kappa shape index (κ2) is 16.7. The highest BCUT2D eigenvalue weighted by molar-refractivity contribution is 5.94. The number of guanidine groups is 1. The summed E-state index contributed by atoms with van der Waals surface area (Å²) < 4.78 is 0. The first-order chi connectivity index (χ1) is 17.1. The van der Waals surface area contributed by atoms with Crippen LogP contribution in [0.3, 0.4) is 0 Å². The molecule has 12 N–H and O–H groups in total. The Hall–Kier alpha value is -3.95. The third-order valence-corrected chi connectivity index (χ3v) is 5.09. The Morgan fingerprint density at radius 1 is 0.757 bits per heavy atom. The van der Waals surface area contributed by atoms with Crippen LogP contribution in [0.15, 0.2) is 4.99 Å². The summed E-state index contributed by atoms with van der Waals surface area (Å²) >= 11 is 0. The lowest BCUT2D eigenvalue weighted by Gasteiger charge is -2.25. The van der Waals surface area contributed by atoms with E-state index < -0.39 is 78.6 Å². The molecule has 0 aliphatic carbocycles. The van der Waals surface area contributed by atoms with Crippen LogP contribution in [0.1, 0.15) is 52.4 Å². The zero-order chi connectivity index (χ0) is 28.7. The Morgan fingerprint density at radius 2 is 1.22 bits per heavy atom. The van der Waals surface area contributed by atoms with Gasteiger partial charge >= 0.3 is 17.9 Å². The Kier molecular flexibility index (Phi) is 14.9. The fourth-order valence-electron chi connectivity index (χ4n) is 3.04. The molecule has 0 saturated carbocycles. The molecule has 3 amide bonds. The number of carbonyl (C=O) groups is 6. The van der Waals surface area contributed by atoms with Gasteiger partial charge in [-0.2, -0.15) is 0 Å². The van der Waals surface area contributed by atoms with Gasteiger partial charge in [-0.3, -0.25) is 29.0 Å². The van der Waals surface area contributed by atoms with Gasteiger partial charge in [0.05, 0.1) is 6.04 Å². The summed E-state index contributed by atoms with van der Waals surface area (Å²) in [5, 5.41) is 34.2. The number of carboxylic acids is 3. The number of carbonyl (C=O) groups excluding carboxylic acids is 3. The van der Waals surface area contributed by atoms with Crippen LogP contribution in [-0.2, 0) is 28.8 Å². The van der Waals surface area contributed by atoms with Crippen LogP contribution in [0.2, 0.25) is 0 Å². The molecule has 0 heterocycles. The average molecular weight is 532 g/mol. The van der Waals surface area contributed by atoms with Gasteiger partial charge in [-0.05, 0) is 31.6 Å². The number of rotatable bonds is 18. The Morgan fingerprint density at radius 3 is 1.62 bits per heavy atom. The smallest absolute Gasteiger partial charge is 0.326 e. The maximum absolute atomic E-state index is 12.9. The van der Waals surface area contributed by atoms with Gasteiger partial charge in [0, 0.05) is 19.4 Å². The molecular weight excluding hydrogens is 494 g/mol. The monoisotopic (exact) mass is 531 g/mol. The van der Waals surface area contributed by atoms with Crippen LogP contribution in [0, 0.1) is 5.92 Å². The highest BCUT2D eigenvalue weighted by Gasteiger charge is 2.31. The second-order valence-corrected chi connectivity index (χ2v) is 8.61. The van der Waals surface area contributed by atoms with E-state index in [0.29, 0.717) is 6.42 Å². The summed E-state index contributed by atoms with van der Waals surface area (Å²) in [7, 11) is 0. The zero-order valence-electron chi connectivity index (χ0n) is 20.8. The third-order valence-electron chi connectivity index (χ3n) is 5.09. The number of aliphatic carboxylic acids is 3. The number of aliphatic imine (C=N–C) groups is 1. The molecular formula is C21H37N7O9. The second-order valence-electron chi connectivity index (χ2n) is 8.61. The van der Waals surface area contributed by atoms with Crippen LogP contribution >= 0.6 is 0 Å². The summed E-state index contributed by atoms with van der Waals surface area (Å²) in [6.07, 6.45) is -1.31. The average Bonchev–Trinajstić information content (AvgIpc) is 2.78. The molecule has 0 radical (unpaired) electrons. The van der Waals surface area contributed by atoms with Crippen molar-refractivity contribution in [2.24, 2.45) is 28.1 Å². The van der Waals surface area contributed by atoms with Crippen LogP contribution in [-0.4, -0.2) is 87.6 Å². The molecule has 16 nitrogen and oxygen atoms in total. The number of nitrogens with two attached hydrogens (primary N) is 3. The first-order valence-corrected chi connectivity index (χ1v) is 11.5. The minimum atomic E-state index is -1.47. The lowest BCUT2D eigenvalue weighted by molar-refractivity contribution is -0.144. The van der Waals surface area contributed by atoms with Crippen LogP contribution in [0.25, 0.3) is 0 Å². The molecule has 210 valence electrons. The predicted molar refractivity (Wildman–Crippen MR) is 130 cm³/mol. The molecule has 0 bridgehead atoms. The number of nitrogens with one attached hydrogen (secondary N) is 3. The van der Waals surface area contributed by atoms with Crippen molar-refractivity contribution < 1.29 is 44.1 Å². The molecule has 4 unspecified atom stereocenters. The topological polar surface area (TPSA) is 290 Å². The summed E-state index contributed by atoms with van der Waals surface area (Å²) in [5.41, 5.74) is 16.3. The molecule has 16 heteroatoms. The van der Waals surface area contributed by atoms with Gasteiger partial charge in [-0.15, -0.1) is 0 Å². The summed E-state index contributed by atoms with van der Waals surface area (Å²) in [4.78, 5) is 75.4. The van der Waals surface area contributed by atoms with Gasteiger partial charge in [0.25, 0.3) is 0 Å². The third kappa shape index (κ3) is 14.3. The SMILES string of the molecule is CC(C)C(NC(=O)C(CCC(=O)O)NC(=O)C(CCC(=O)O)NC(=O)C(N)CCCN=C(N)N)C(=O)O. The van der Waals surface area contributed by atoms with E-state index in [1.807, 2.05) is 0 Å². The Balaban J connectivity index is 5.54. The molecule has 0 saturated heterocycles. The lowest BCUT2D eigenvalue weighted by Crippen LogP contribution is -2.57. The first-order valence-electron chi connectivity index (χ1n) is 11.5. The van der Waals surface area contributed by atoms with Crippen molar-refractivity contribution in [1.82, 2.24) is 16.0 Å². The van der Waals surface area contributed by atoms with E-state index in [9.17, 15) is 33.9 Å². The minimum absolute atomic E-state index is 0.131. The van der Waals surface area contributed by atoms with Gasteiger partial charge in [-0.25, -0.2) is 4.79 Å². The van der Waals surface area contributed by atoms with Crippen molar-refractivity contribution in [2.75, 3.05) is 6.54 Å². The fraction of sp³-hybridized carbons (Fsp3) is 0.667. The molecule has 0 rings (SSSR count). The van der Waals surface area contributed by atoms with E-state index in [4.69, 9.17) is 27.4 Å². The van der Waals surface area contributed by atoms with Crippen molar-refractivity contribution in [2.45, 2.75) is 76.5 Å². The summed E-state index contributed by atoms with van der Waals surface area (Å²) in [6, 6.07) is -5.28. The van der Waals surface area contributed by atoms with Crippen molar-refractivity contribution in [3.05, 3.63) is 0 Å². The van der Waals surface area contributed by atoms with Gasteiger partial charge in [0.2, 0.25) is 17.7 Å². The number of nitrogens with zero attached hydrogens (tertiary/aromatic N) is 1. The summed E-state index contributed by atoms with van der Waals surface area (Å²) in [5.74, 6) is -7.19.